The zero-order valence-electron chi connectivity index (χ0n) is 9.37. The number of carboxylic acid groups (broad SMARTS) is 1. The third kappa shape index (κ3) is 2.68. The number of nitrogens with one attached hydrogen (secondary N) is 1. The summed E-state index contributed by atoms with van der Waals surface area (Å²) >= 11 is 0. The predicted octanol–water partition coefficient (Wildman–Crippen LogP) is 0.789. The van der Waals surface area contributed by atoms with Crippen LogP contribution in [0.5, 0.6) is 0 Å². The fourth-order valence-corrected chi connectivity index (χ4v) is 1.51. The van der Waals surface area contributed by atoms with E-state index in [1.165, 1.54) is 0 Å². The van der Waals surface area contributed by atoms with Gasteiger partial charge in [0.1, 0.15) is 6.33 Å². The molecule has 0 aromatic carbocycles. The van der Waals surface area contributed by atoms with Crippen LogP contribution in [0, 0.1) is 0 Å². The van der Waals surface area contributed by atoms with E-state index in [1.54, 1.807) is 23.1 Å². The Labute approximate surface area is 97.5 Å². The van der Waals surface area contributed by atoms with Crippen molar-refractivity contribution < 1.29 is 9.90 Å². The highest BCUT2D eigenvalue weighted by Gasteiger charge is 2.09. The van der Waals surface area contributed by atoms with Gasteiger partial charge in [-0.1, -0.05) is 0 Å². The number of carboxylic acids is 1. The van der Waals surface area contributed by atoms with Crippen LogP contribution in [0.25, 0.3) is 5.65 Å². The molecule has 7 nitrogen and oxygen atoms in total. The van der Waals surface area contributed by atoms with Gasteiger partial charge in [0.2, 0.25) is 5.65 Å². The van der Waals surface area contributed by atoms with Crippen molar-refractivity contribution >= 4 is 17.4 Å². The summed E-state index contributed by atoms with van der Waals surface area (Å²) in [6.07, 6.45) is 5.64. The molecule has 0 aliphatic carbocycles. The van der Waals surface area contributed by atoms with Crippen LogP contribution in [-0.4, -0.2) is 36.7 Å². The largest absolute Gasteiger partial charge is 0.481 e. The minimum Gasteiger partial charge on any atom is -0.481 e. The maximum atomic E-state index is 10.5. The van der Waals surface area contributed by atoms with Crippen LogP contribution in [0.4, 0.5) is 5.82 Å². The molecular formula is C10H13N5O2. The van der Waals surface area contributed by atoms with Crippen molar-refractivity contribution in [1.29, 1.82) is 0 Å². The number of hydrogen-bond acceptors (Lipinski definition) is 5. The topological polar surface area (TPSA) is 92.4 Å². The Hall–Kier alpha value is -2.18. The second-order valence-corrected chi connectivity index (χ2v) is 3.82. The molecule has 1 unspecified atom stereocenters. The number of aliphatic carboxylic acids is 1. The Bertz CT molecular complexity index is 524. The van der Waals surface area contributed by atoms with Gasteiger partial charge in [-0.2, -0.15) is 0 Å². The van der Waals surface area contributed by atoms with E-state index in [0.29, 0.717) is 17.9 Å². The van der Waals surface area contributed by atoms with Gasteiger partial charge in [-0.15, -0.1) is 10.2 Å². The third-order valence-electron chi connectivity index (χ3n) is 2.39. The Balaban J connectivity index is 2.07. The van der Waals surface area contributed by atoms with Gasteiger partial charge in [0.25, 0.3) is 0 Å². The van der Waals surface area contributed by atoms with Gasteiger partial charge < -0.3 is 10.4 Å². The van der Waals surface area contributed by atoms with Gasteiger partial charge in [0, 0.05) is 24.9 Å². The molecule has 90 valence electrons. The minimum atomic E-state index is -0.799. The number of nitrogens with zero attached hydrogens (tertiary/aromatic N) is 4. The molecule has 0 saturated carbocycles. The van der Waals surface area contributed by atoms with E-state index >= 15 is 0 Å². The first-order valence-corrected chi connectivity index (χ1v) is 5.29. The van der Waals surface area contributed by atoms with Crippen LogP contribution in [0.3, 0.4) is 0 Å². The van der Waals surface area contributed by atoms with Crippen LogP contribution in [-0.2, 0) is 4.79 Å². The van der Waals surface area contributed by atoms with Crippen molar-refractivity contribution in [3.63, 3.8) is 0 Å². The molecule has 0 bridgehead atoms. The Morgan fingerprint density at radius 3 is 3.24 bits per heavy atom. The molecular weight excluding hydrogens is 222 g/mol. The van der Waals surface area contributed by atoms with Gasteiger partial charge >= 0.3 is 5.97 Å². The zero-order chi connectivity index (χ0) is 12.3. The molecule has 7 heteroatoms. The molecule has 0 spiro atoms. The lowest BCUT2D eigenvalue weighted by atomic mass is 10.2. The number of anilines is 1. The maximum absolute atomic E-state index is 10.5. The van der Waals surface area contributed by atoms with Gasteiger partial charge in [-0.05, 0) is 13.3 Å². The molecule has 0 amide bonds. The van der Waals surface area contributed by atoms with E-state index in [0.717, 1.165) is 0 Å². The molecule has 2 rings (SSSR count). The van der Waals surface area contributed by atoms with Crippen LogP contribution in [0.15, 0.2) is 18.7 Å². The van der Waals surface area contributed by atoms with Gasteiger partial charge in [0.15, 0.2) is 5.82 Å². The van der Waals surface area contributed by atoms with Crippen molar-refractivity contribution in [3.05, 3.63) is 18.7 Å². The standard InChI is InChI=1S/C10H13N5O2/c1-7(2-3-8(16)17)13-9-10-14-12-6-15(10)5-4-11-9/h4-7H,2-3H2,1H3,(H,11,13)(H,16,17). The van der Waals surface area contributed by atoms with Crippen molar-refractivity contribution in [2.75, 3.05) is 5.32 Å². The average Bonchev–Trinajstić information content (AvgIpc) is 2.75. The van der Waals surface area contributed by atoms with Gasteiger partial charge in [0.05, 0.1) is 0 Å². The van der Waals surface area contributed by atoms with E-state index in [-0.39, 0.29) is 12.5 Å². The molecule has 2 heterocycles. The molecule has 2 N–H and O–H groups in total. The van der Waals surface area contributed by atoms with Crippen molar-refractivity contribution in [3.8, 4) is 0 Å². The quantitative estimate of drug-likeness (QED) is 0.796. The lowest BCUT2D eigenvalue weighted by Crippen LogP contribution is -2.18. The molecule has 2 aromatic rings. The van der Waals surface area contributed by atoms with Gasteiger partial charge in [-0.3, -0.25) is 9.20 Å². The lowest BCUT2D eigenvalue weighted by Gasteiger charge is -2.13. The highest BCUT2D eigenvalue weighted by atomic mass is 16.4. The van der Waals surface area contributed by atoms with Crippen LogP contribution in [0.1, 0.15) is 19.8 Å². The minimum absolute atomic E-state index is 0.0153. The number of fused-ring (bicyclic) bond motifs is 1. The number of rotatable bonds is 5. The predicted molar refractivity (Wildman–Crippen MR) is 60.7 cm³/mol. The third-order valence-corrected chi connectivity index (χ3v) is 2.39. The molecule has 0 aliphatic heterocycles. The van der Waals surface area contributed by atoms with Crippen molar-refractivity contribution in [2.24, 2.45) is 0 Å². The fraction of sp³-hybridized carbons (Fsp3) is 0.400. The Kier molecular flexibility index (Phi) is 3.17. The molecule has 0 fully saturated rings. The summed E-state index contributed by atoms with van der Waals surface area (Å²) in [5, 5.41) is 19.4. The first-order valence-electron chi connectivity index (χ1n) is 5.29. The summed E-state index contributed by atoms with van der Waals surface area (Å²) in [6, 6.07) is 0.0153. The molecule has 0 radical (unpaired) electrons. The van der Waals surface area contributed by atoms with E-state index < -0.39 is 5.97 Å². The number of hydrogen-bond donors (Lipinski definition) is 2. The monoisotopic (exact) mass is 235 g/mol. The summed E-state index contributed by atoms with van der Waals surface area (Å²) in [5.74, 6) is -0.185. The maximum Gasteiger partial charge on any atom is 0.303 e. The average molecular weight is 235 g/mol. The molecule has 17 heavy (non-hydrogen) atoms. The summed E-state index contributed by atoms with van der Waals surface area (Å²) in [4.78, 5) is 14.6. The normalized spacial score (nSPS) is 12.5. The molecule has 2 aromatic heterocycles. The summed E-state index contributed by atoms with van der Waals surface area (Å²) in [5.41, 5.74) is 0.634. The summed E-state index contributed by atoms with van der Waals surface area (Å²) < 4.78 is 1.75. The number of aromatic nitrogens is 4. The fourth-order valence-electron chi connectivity index (χ4n) is 1.51. The lowest BCUT2D eigenvalue weighted by molar-refractivity contribution is -0.137. The summed E-state index contributed by atoms with van der Waals surface area (Å²) in [6.45, 7) is 1.91. The van der Waals surface area contributed by atoms with Crippen molar-refractivity contribution in [2.45, 2.75) is 25.8 Å². The first kappa shape index (κ1) is 11.3. The molecule has 0 saturated heterocycles. The summed E-state index contributed by atoms with van der Waals surface area (Å²) in [7, 11) is 0. The van der Waals surface area contributed by atoms with Crippen LogP contribution in [0.2, 0.25) is 0 Å². The second-order valence-electron chi connectivity index (χ2n) is 3.82. The van der Waals surface area contributed by atoms with E-state index in [9.17, 15) is 4.79 Å². The van der Waals surface area contributed by atoms with Crippen LogP contribution >= 0.6 is 0 Å². The smallest absolute Gasteiger partial charge is 0.303 e. The van der Waals surface area contributed by atoms with Gasteiger partial charge in [-0.25, -0.2) is 4.98 Å². The Morgan fingerprint density at radius 1 is 1.65 bits per heavy atom. The second kappa shape index (κ2) is 4.77. The SMILES string of the molecule is CC(CCC(=O)O)Nc1nccn2cnnc12. The van der Waals surface area contributed by atoms with E-state index in [2.05, 4.69) is 20.5 Å². The van der Waals surface area contributed by atoms with E-state index in [1.807, 2.05) is 6.92 Å². The highest BCUT2D eigenvalue weighted by Crippen LogP contribution is 2.12. The molecule has 1 atom stereocenters. The first-order chi connectivity index (χ1) is 8.16. The zero-order valence-corrected chi connectivity index (χ0v) is 9.37. The molecule has 0 aliphatic rings. The number of carbonyl (C=O) groups is 1. The van der Waals surface area contributed by atoms with Crippen molar-refractivity contribution in [1.82, 2.24) is 19.6 Å². The van der Waals surface area contributed by atoms with E-state index in [4.69, 9.17) is 5.11 Å². The Morgan fingerprint density at radius 2 is 2.47 bits per heavy atom. The highest BCUT2D eigenvalue weighted by molar-refractivity contribution is 5.67. The van der Waals surface area contributed by atoms with Crippen LogP contribution < -0.4 is 5.32 Å².